The number of nitrogens with zero attached hydrogens (tertiary/aromatic N) is 4. The molecule has 2 aliphatic heterocycles. The molecule has 0 saturated carbocycles. The molecule has 0 radical (unpaired) electrons. The van der Waals surface area contributed by atoms with Gasteiger partial charge in [-0.1, -0.05) is 0 Å². The Morgan fingerprint density at radius 2 is 2.00 bits per heavy atom. The molecule has 0 atom stereocenters. The Bertz CT molecular complexity index is 1270. The minimum Gasteiger partial charge on any atom is -0.477 e. The number of likely N-dealkylation sites (N-methyl/N-ethyl adjacent to an activating group) is 1. The van der Waals surface area contributed by atoms with Crippen molar-refractivity contribution >= 4 is 22.6 Å². The lowest BCUT2D eigenvalue weighted by molar-refractivity contribution is 0.0694. The Kier molecular flexibility index (Phi) is 2.21. The van der Waals surface area contributed by atoms with Crippen LogP contribution in [0.25, 0.3) is 10.9 Å². The number of hydrogen-bond acceptors (Lipinski definition) is 6. The number of benzene rings is 1. The standard InChI is InChI=1S/C17H19FN4O4/c1-19-3-5-21(6-4-19)14-12(18)7-10-13-16(14)26-9-20(2)22(13)8-11(15(10)23)17(24)25/h7-8H,3-6,9H2,1-2H3,(H,24,25)/i3D2,4D2,5D2,6D2. The molecule has 4 rings (SSSR count). The maximum absolute atomic E-state index is 15.6. The summed E-state index contributed by atoms with van der Waals surface area (Å²) in [6, 6.07) is 0.581. The predicted octanol–water partition coefficient (Wildman–Crippen LogP) is 0.508. The first-order valence-electron chi connectivity index (χ1n) is 11.4. The molecule has 0 aliphatic carbocycles. The maximum atomic E-state index is 15.6. The summed E-state index contributed by atoms with van der Waals surface area (Å²) in [6.45, 7) is -13.4. The van der Waals surface area contributed by atoms with Gasteiger partial charge in [0, 0.05) is 44.7 Å². The lowest BCUT2D eigenvalue weighted by Gasteiger charge is -2.37. The number of aromatic nitrogens is 1. The van der Waals surface area contributed by atoms with E-state index in [1.807, 2.05) is 0 Å². The average molecular weight is 370 g/mol. The zero-order chi connectivity index (χ0) is 25.8. The van der Waals surface area contributed by atoms with Gasteiger partial charge in [-0.15, -0.1) is 0 Å². The quantitative estimate of drug-likeness (QED) is 0.825. The zero-order valence-electron chi connectivity index (χ0n) is 21.7. The second kappa shape index (κ2) is 5.87. The Morgan fingerprint density at radius 3 is 2.65 bits per heavy atom. The Morgan fingerprint density at radius 1 is 1.31 bits per heavy atom. The number of hydrogen-bond donors (Lipinski definition) is 1. The smallest absolute Gasteiger partial charge is 0.341 e. The summed E-state index contributed by atoms with van der Waals surface area (Å²) in [5.74, 6) is -3.57. The molecule has 1 aromatic heterocycles. The highest BCUT2D eigenvalue weighted by atomic mass is 19.1. The van der Waals surface area contributed by atoms with E-state index in [0.717, 1.165) is 17.9 Å². The number of rotatable bonds is 2. The van der Waals surface area contributed by atoms with E-state index >= 15 is 4.39 Å². The van der Waals surface area contributed by atoms with Gasteiger partial charge in [0.2, 0.25) is 5.43 Å². The molecule has 0 amide bonds. The van der Waals surface area contributed by atoms with Crippen LogP contribution in [0.3, 0.4) is 0 Å². The van der Waals surface area contributed by atoms with Crippen LogP contribution in [0.4, 0.5) is 10.1 Å². The molecule has 0 spiro atoms. The van der Waals surface area contributed by atoms with Crippen LogP contribution in [0.1, 0.15) is 21.3 Å². The third-order valence-electron chi connectivity index (χ3n) is 4.03. The van der Waals surface area contributed by atoms with E-state index in [1.54, 1.807) is 0 Å². The highest BCUT2D eigenvalue weighted by Gasteiger charge is 2.30. The molecule has 1 N–H and O–H groups in total. The Labute approximate surface area is 159 Å². The molecule has 9 heteroatoms. The summed E-state index contributed by atoms with van der Waals surface area (Å²) in [5, 5.41) is 10.2. The highest BCUT2D eigenvalue weighted by Crippen LogP contribution is 2.40. The van der Waals surface area contributed by atoms with Crippen LogP contribution in [0.15, 0.2) is 17.1 Å². The molecular weight excluding hydrogens is 343 g/mol. The number of halogens is 1. The lowest BCUT2D eigenvalue weighted by Crippen LogP contribution is -2.46. The fourth-order valence-corrected chi connectivity index (χ4v) is 2.80. The first kappa shape index (κ1) is 9.77. The third kappa shape index (κ3) is 2.38. The van der Waals surface area contributed by atoms with Crippen molar-refractivity contribution in [2.24, 2.45) is 0 Å². The fraction of sp³-hybridized carbons (Fsp3) is 0.412. The number of ether oxygens (including phenoxy) is 1. The SMILES string of the molecule is [2H]C1([2H])N(C)C([2H])([2H])C([2H])([2H])N(c2c(F)cc3c(=O)c(C(=O)O)cn4c3c2OCN4C)C1([2H])[2H]. The first-order valence-corrected chi connectivity index (χ1v) is 7.44. The van der Waals surface area contributed by atoms with Gasteiger partial charge in [-0.2, -0.15) is 0 Å². The largest absolute Gasteiger partial charge is 0.477 e. The Hall–Kier alpha value is -2.81. The average Bonchev–Trinajstić information content (AvgIpc) is 2.71. The zero-order valence-corrected chi connectivity index (χ0v) is 13.7. The van der Waals surface area contributed by atoms with E-state index in [1.165, 1.54) is 12.1 Å². The third-order valence-corrected chi connectivity index (χ3v) is 4.03. The van der Waals surface area contributed by atoms with E-state index in [-0.39, 0.29) is 22.0 Å². The molecule has 2 aromatic rings. The van der Waals surface area contributed by atoms with E-state index in [0.29, 0.717) is 6.07 Å². The van der Waals surface area contributed by atoms with Gasteiger partial charge in [0.05, 0.1) is 10.9 Å². The van der Waals surface area contributed by atoms with Crippen LogP contribution in [0, 0.1) is 5.82 Å². The van der Waals surface area contributed by atoms with Gasteiger partial charge in [-0.25, -0.2) is 9.18 Å². The Balaban J connectivity index is 2.16. The van der Waals surface area contributed by atoms with E-state index in [9.17, 15) is 14.7 Å². The van der Waals surface area contributed by atoms with E-state index < -0.39 is 65.6 Å². The molecule has 0 unspecified atom stereocenters. The second-order valence-corrected chi connectivity index (χ2v) is 5.73. The van der Waals surface area contributed by atoms with Gasteiger partial charge in [0.25, 0.3) is 0 Å². The van der Waals surface area contributed by atoms with Gasteiger partial charge in [0.1, 0.15) is 16.8 Å². The van der Waals surface area contributed by atoms with Crippen LogP contribution >= 0.6 is 0 Å². The normalized spacial score (nSPS) is 29.8. The summed E-state index contributed by atoms with van der Waals surface area (Å²) in [4.78, 5) is 24.5. The number of aromatic carboxylic acids is 1. The van der Waals surface area contributed by atoms with Gasteiger partial charge in [-0.3, -0.25) is 14.5 Å². The lowest BCUT2D eigenvalue weighted by atomic mass is 10.1. The molecule has 3 heterocycles. The van der Waals surface area contributed by atoms with Crippen molar-refractivity contribution in [1.82, 2.24) is 9.58 Å². The maximum Gasteiger partial charge on any atom is 0.341 e. The van der Waals surface area contributed by atoms with Crippen LogP contribution in [-0.2, 0) is 0 Å². The van der Waals surface area contributed by atoms with Crippen molar-refractivity contribution in [2.45, 2.75) is 0 Å². The topological polar surface area (TPSA) is 78.2 Å². The molecule has 138 valence electrons. The molecule has 2 aliphatic rings. The number of pyridine rings is 1. The molecular formula is C17H19FN4O4. The monoisotopic (exact) mass is 370 g/mol. The summed E-state index contributed by atoms with van der Waals surface area (Å²) >= 11 is 0. The van der Waals surface area contributed by atoms with Crippen LogP contribution in [0.2, 0.25) is 0 Å². The number of carboxylic acids is 1. The first-order chi connectivity index (χ1) is 15.4. The van der Waals surface area contributed by atoms with E-state index in [4.69, 9.17) is 15.7 Å². The second-order valence-electron chi connectivity index (χ2n) is 5.73. The van der Waals surface area contributed by atoms with Crippen molar-refractivity contribution in [2.75, 3.05) is 56.7 Å². The highest BCUT2D eigenvalue weighted by molar-refractivity contribution is 5.97. The predicted molar refractivity (Wildman–Crippen MR) is 94.5 cm³/mol. The van der Waals surface area contributed by atoms with Gasteiger partial charge in [-0.05, 0) is 13.1 Å². The van der Waals surface area contributed by atoms with E-state index in [2.05, 4.69) is 0 Å². The van der Waals surface area contributed by atoms with Crippen LogP contribution in [-0.4, -0.2) is 67.5 Å². The van der Waals surface area contributed by atoms with Crippen molar-refractivity contribution in [3.63, 3.8) is 0 Å². The minimum absolute atomic E-state index is 0.00928. The number of piperazine rings is 1. The molecule has 26 heavy (non-hydrogen) atoms. The summed E-state index contributed by atoms with van der Waals surface area (Å²) in [6.07, 6.45) is 0.951. The molecule has 1 aromatic carbocycles. The van der Waals surface area contributed by atoms with Crippen molar-refractivity contribution in [3.8, 4) is 5.75 Å². The summed E-state index contributed by atoms with van der Waals surface area (Å²) in [7, 11) is 2.32. The van der Waals surface area contributed by atoms with Gasteiger partial charge in [0.15, 0.2) is 18.3 Å². The molecule has 1 saturated heterocycles. The van der Waals surface area contributed by atoms with Crippen LogP contribution < -0.4 is 20.1 Å². The van der Waals surface area contributed by atoms with Gasteiger partial charge >= 0.3 is 5.97 Å². The molecule has 0 bridgehead atoms. The molecule has 8 nitrogen and oxygen atoms in total. The number of carboxylic acid groups (broad SMARTS) is 1. The summed E-state index contributed by atoms with van der Waals surface area (Å²) in [5.41, 5.74) is -2.92. The summed E-state index contributed by atoms with van der Waals surface area (Å²) < 4.78 is 88.6. The number of anilines is 1. The van der Waals surface area contributed by atoms with Gasteiger partial charge < -0.3 is 19.6 Å². The number of carbonyl (C=O) groups is 1. The molecule has 1 fully saturated rings. The van der Waals surface area contributed by atoms with Crippen LogP contribution in [0.5, 0.6) is 5.75 Å². The fourth-order valence-electron chi connectivity index (χ4n) is 2.80. The van der Waals surface area contributed by atoms with Crippen molar-refractivity contribution in [3.05, 3.63) is 33.9 Å². The van der Waals surface area contributed by atoms with Crippen molar-refractivity contribution in [1.29, 1.82) is 0 Å². The van der Waals surface area contributed by atoms with Crippen molar-refractivity contribution < 1.29 is 30.0 Å². The minimum atomic E-state index is -3.35.